The zero-order valence-electron chi connectivity index (χ0n) is 15.2. The number of hydrogen-bond acceptors (Lipinski definition) is 7. The summed E-state index contributed by atoms with van der Waals surface area (Å²) in [5.41, 5.74) is 0.455. The maximum atomic E-state index is 13.0. The Bertz CT molecular complexity index is 1290. The molecule has 10 heteroatoms. The number of methoxy groups -OCH3 is 1. The van der Waals surface area contributed by atoms with Gasteiger partial charge in [-0.15, -0.1) is 11.3 Å². The Labute approximate surface area is 166 Å². The van der Waals surface area contributed by atoms with Crippen molar-refractivity contribution in [2.24, 2.45) is 0 Å². The SMILES string of the molecule is COC(=O)c1ccc(NS(=O)(=O)c2sc3ccccc3c2C)c(S(C)(=O)=O)c1. The van der Waals surface area contributed by atoms with Gasteiger partial charge in [-0.25, -0.2) is 21.6 Å². The first kappa shape index (κ1) is 20.3. The number of thiophene rings is 1. The molecule has 1 heterocycles. The molecule has 0 aliphatic heterocycles. The van der Waals surface area contributed by atoms with Crippen molar-refractivity contribution >= 4 is 52.9 Å². The van der Waals surface area contributed by atoms with Crippen molar-refractivity contribution in [2.75, 3.05) is 18.1 Å². The predicted octanol–water partition coefficient (Wildman–Crippen LogP) is 3.20. The van der Waals surface area contributed by atoms with Crippen LogP contribution in [-0.4, -0.2) is 36.2 Å². The van der Waals surface area contributed by atoms with Crippen LogP contribution in [0.15, 0.2) is 51.6 Å². The van der Waals surface area contributed by atoms with E-state index in [0.717, 1.165) is 33.7 Å². The van der Waals surface area contributed by atoms with E-state index in [0.29, 0.717) is 5.56 Å². The van der Waals surface area contributed by atoms with E-state index in [1.54, 1.807) is 6.92 Å². The molecule has 0 radical (unpaired) electrons. The van der Waals surface area contributed by atoms with Crippen LogP contribution < -0.4 is 4.72 Å². The molecule has 0 fully saturated rings. The zero-order valence-corrected chi connectivity index (χ0v) is 17.7. The van der Waals surface area contributed by atoms with E-state index in [2.05, 4.69) is 9.46 Å². The monoisotopic (exact) mass is 439 g/mol. The highest BCUT2D eigenvalue weighted by molar-refractivity contribution is 7.95. The van der Waals surface area contributed by atoms with Gasteiger partial charge in [0, 0.05) is 11.0 Å². The van der Waals surface area contributed by atoms with Crippen LogP contribution in [-0.2, 0) is 24.6 Å². The van der Waals surface area contributed by atoms with Crippen molar-refractivity contribution in [1.29, 1.82) is 0 Å². The molecule has 0 unspecified atom stereocenters. The Hall–Kier alpha value is -2.43. The number of aryl methyl sites for hydroxylation is 1. The fourth-order valence-electron chi connectivity index (χ4n) is 2.76. The predicted molar refractivity (Wildman–Crippen MR) is 108 cm³/mol. The molecular formula is C18H17NO6S3. The van der Waals surface area contributed by atoms with Crippen LogP contribution in [0.1, 0.15) is 15.9 Å². The number of nitrogens with one attached hydrogen (secondary N) is 1. The van der Waals surface area contributed by atoms with E-state index in [9.17, 15) is 21.6 Å². The Balaban J connectivity index is 2.11. The van der Waals surface area contributed by atoms with Gasteiger partial charge in [0.25, 0.3) is 10.0 Å². The topological polar surface area (TPSA) is 107 Å². The second-order valence-electron chi connectivity index (χ2n) is 6.09. The Morgan fingerprint density at radius 2 is 1.75 bits per heavy atom. The Morgan fingerprint density at radius 1 is 1.07 bits per heavy atom. The van der Waals surface area contributed by atoms with Crippen LogP contribution in [0, 0.1) is 6.92 Å². The maximum Gasteiger partial charge on any atom is 0.337 e. The zero-order chi connectivity index (χ0) is 20.7. The average Bonchev–Trinajstić information content (AvgIpc) is 2.98. The highest BCUT2D eigenvalue weighted by Crippen LogP contribution is 2.35. The highest BCUT2D eigenvalue weighted by atomic mass is 32.2. The van der Waals surface area contributed by atoms with Gasteiger partial charge in [-0.1, -0.05) is 18.2 Å². The summed E-state index contributed by atoms with van der Waals surface area (Å²) in [6, 6.07) is 10.9. The van der Waals surface area contributed by atoms with Gasteiger partial charge in [0.2, 0.25) is 0 Å². The third-order valence-electron chi connectivity index (χ3n) is 4.09. The van der Waals surface area contributed by atoms with Gasteiger partial charge in [-0.3, -0.25) is 4.72 Å². The second-order valence-corrected chi connectivity index (χ2v) is 11.0. The number of carbonyl (C=O) groups is 1. The molecule has 28 heavy (non-hydrogen) atoms. The molecule has 2 aromatic carbocycles. The Morgan fingerprint density at radius 3 is 2.36 bits per heavy atom. The third kappa shape index (κ3) is 3.75. The summed E-state index contributed by atoms with van der Waals surface area (Å²) in [7, 11) is -6.69. The van der Waals surface area contributed by atoms with Gasteiger partial charge in [0.15, 0.2) is 9.84 Å². The highest BCUT2D eigenvalue weighted by Gasteiger charge is 2.25. The summed E-state index contributed by atoms with van der Waals surface area (Å²) in [5, 5.41) is 0.817. The molecule has 0 spiro atoms. The number of rotatable bonds is 5. The minimum Gasteiger partial charge on any atom is -0.465 e. The van der Waals surface area contributed by atoms with Crippen molar-refractivity contribution in [3.63, 3.8) is 0 Å². The molecule has 0 aliphatic rings. The number of carbonyl (C=O) groups excluding carboxylic acids is 1. The summed E-state index contributed by atoms with van der Waals surface area (Å²) < 4.78 is 58.1. The number of fused-ring (bicyclic) bond motifs is 1. The number of esters is 1. The first-order valence-electron chi connectivity index (χ1n) is 7.98. The van der Waals surface area contributed by atoms with E-state index < -0.39 is 25.8 Å². The van der Waals surface area contributed by atoms with Gasteiger partial charge in [-0.05, 0) is 42.1 Å². The van der Waals surface area contributed by atoms with Crippen LogP contribution in [0.2, 0.25) is 0 Å². The van der Waals surface area contributed by atoms with Gasteiger partial charge >= 0.3 is 5.97 Å². The molecule has 0 aliphatic carbocycles. The average molecular weight is 440 g/mol. The minimum absolute atomic E-state index is 0.00363. The maximum absolute atomic E-state index is 13.0. The molecule has 0 atom stereocenters. The number of sulfone groups is 1. The van der Waals surface area contributed by atoms with E-state index in [1.807, 2.05) is 24.3 Å². The standard InChI is InChI=1S/C18H17NO6S3/c1-11-13-6-4-5-7-15(13)26-18(11)28(23,24)19-14-9-8-12(17(20)25-2)10-16(14)27(3,21)22/h4-10,19H,1-3H3. The molecule has 0 amide bonds. The van der Waals surface area contributed by atoms with Gasteiger partial charge in [0.05, 0.1) is 23.3 Å². The quantitative estimate of drug-likeness (QED) is 0.612. The molecule has 7 nitrogen and oxygen atoms in total. The minimum atomic E-state index is -4.04. The third-order valence-corrected chi connectivity index (χ3v) is 8.49. The van der Waals surface area contributed by atoms with Gasteiger partial charge < -0.3 is 4.74 Å². The number of sulfonamides is 1. The first-order chi connectivity index (χ1) is 13.0. The fourth-order valence-corrected chi connectivity index (χ4v) is 6.53. The molecule has 3 aromatic rings. The first-order valence-corrected chi connectivity index (χ1v) is 12.2. The van der Waals surface area contributed by atoms with E-state index >= 15 is 0 Å². The van der Waals surface area contributed by atoms with Crippen molar-refractivity contribution < 1.29 is 26.4 Å². The van der Waals surface area contributed by atoms with E-state index in [-0.39, 0.29) is 20.4 Å². The van der Waals surface area contributed by atoms with Crippen molar-refractivity contribution in [3.8, 4) is 0 Å². The van der Waals surface area contributed by atoms with Gasteiger partial charge in [0.1, 0.15) is 4.21 Å². The Kier molecular flexibility index (Phi) is 5.22. The lowest BCUT2D eigenvalue weighted by molar-refractivity contribution is 0.0600. The number of benzene rings is 2. The summed E-state index contributed by atoms with van der Waals surface area (Å²) in [5.74, 6) is -0.723. The number of ether oxygens (including phenoxy) is 1. The molecule has 148 valence electrons. The summed E-state index contributed by atoms with van der Waals surface area (Å²) in [6.45, 7) is 1.70. The summed E-state index contributed by atoms with van der Waals surface area (Å²) in [4.78, 5) is 11.4. The normalized spacial score (nSPS) is 12.1. The number of anilines is 1. The van der Waals surface area contributed by atoms with Crippen molar-refractivity contribution in [2.45, 2.75) is 16.0 Å². The fraction of sp³-hybridized carbons (Fsp3) is 0.167. The lowest BCUT2D eigenvalue weighted by Crippen LogP contribution is -2.16. The molecule has 1 N–H and O–H groups in total. The summed E-state index contributed by atoms with van der Waals surface area (Å²) >= 11 is 1.10. The van der Waals surface area contributed by atoms with Crippen LogP contribution in [0.25, 0.3) is 10.1 Å². The van der Waals surface area contributed by atoms with Crippen LogP contribution >= 0.6 is 11.3 Å². The van der Waals surface area contributed by atoms with Crippen LogP contribution in [0.3, 0.4) is 0 Å². The van der Waals surface area contributed by atoms with E-state index in [4.69, 9.17) is 0 Å². The smallest absolute Gasteiger partial charge is 0.337 e. The van der Waals surface area contributed by atoms with E-state index in [1.165, 1.54) is 19.2 Å². The van der Waals surface area contributed by atoms with Crippen molar-refractivity contribution in [1.82, 2.24) is 0 Å². The van der Waals surface area contributed by atoms with Crippen molar-refractivity contribution in [3.05, 3.63) is 53.6 Å². The molecule has 0 bridgehead atoms. The van der Waals surface area contributed by atoms with Gasteiger partial charge in [-0.2, -0.15) is 0 Å². The number of hydrogen-bond donors (Lipinski definition) is 1. The second kappa shape index (κ2) is 7.19. The summed E-state index contributed by atoms with van der Waals surface area (Å²) in [6.07, 6.45) is 0.936. The molecule has 3 rings (SSSR count). The van der Waals surface area contributed by atoms with Crippen LogP contribution in [0.4, 0.5) is 5.69 Å². The molecule has 0 saturated heterocycles. The molecule has 1 aromatic heterocycles. The lowest BCUT2D eigenvalue weighted by Gasteiger charge is -2.12. The molecule has 0 saturated carbocycles. The lowest BCUT2D eigenvalue weighted by atomic mass is 10.2. The molecular weight excluding hydrogens is 422 g/mol. The van der Waals surface area contributed by atoms with Crippen LogP contribution in [0.5, 0.6) is 0 Å². The largest absolute Gasteiger partial charge is 0.465 e.